The molecule has 18 heavy (non-hydrogen) atoms. The highest BCUT2D eigenvalue weighted by Crippen LogP contribution is 2.24. The zero-order valence-electron chi connectivity index (χ0n) is 10.9. The molecule has 0 heterocycles. The fraction of sp³-hybridized carbons (Fsp3) is 0.500. The first-order chi connectivity index (χ1) is 8.77. The number of rotatable bonds is 8. The van der Waals surface area contributed by atoms with Crippen molar-refractivity contribution in [3.05, 3.63) is 24.3 Å². The fourth-order valence-corrected chi connectivity index (χ4v) is 1.50. The second kappa shape index (κ2) is 8.53. The van der Waals surface area contributed by atoms with Gasteiger partial charge in [0.25, 0.3) is 0 Å². The Kier molecular flexibility index (Phi) is 6.87. The summed E-state index contributed by atoms with van der Waals surface area (Å²) in [7, 11) is 0. The van der Waals surface area contributed by atoms with Crippen LogP contribution in [0.2, 0.25) is 0 Å². The normalized spacial score (nSPS) is 10.1. The van der Waals surface area contributed by atoms with Crippen LogP contribution in [-0.2, 0) is 4.79 Å². The molecule has 0 atom stereocenters. The standard InChI is InChI=1S/C14H22N2O2/c1-2-3-11-18-13-8-5-4-7-12(13)16-14(17)9-6-10-15/h4-5,7-8H,2-3,6,9-11,15H2,1H3,(H,16,17). The molecule has 0 saturated heterocycles. The van der Waals surface area contributed by atoms with Gasteiger partial charge in [-0.05, 0) is 31.5 Å². The third-order valence-corrected chi connectivity index (χ3v) is 2.52. The number of anilines is 1. The summed E-state index contributed by atoms with van der Waals surface area (Å²) in [6.45, 7) is 3.32. The minimum Gasteiger partial charge on any atom is -0.491 e. The molecule has 0 unspecified atom stereocenters. The van der Waals surface area contributed by atoms with Crippen LogP contribution in [-0.4, -0.2) is 19.1 Å². The molecular formula is C14H22N2O2. The first-order valence-corrected chi connectivity index (χ1v) is 6.49. The highest BCUT2D eigenvalue weighted by molar-refractivity contribution is 5.92. The second-order valence-corrected chi connectivity index (χ2v) is 4.14. The maximum Gasteiger partial charge on any atom is 0.224 e. The van der Waals surface area contributed by atoms with Gasteiger partial charge in [0.1, 0.15) is 5.75 Å². The summed E-state index contributed by atoms with van der Waals surface area (Å²) in [4.78, 5) is 11.6. The van der Waals surface area contributed by atoms with Crippen LogP contribution in [0.1, 0.15) is 32.6 Å². The number of nitrogens with two attached hydrogens (primary N) is 1. The van der Waals surface area contributed by atoms with Gasteiger partial charge >= 0.3 is 0 Å². The van der Waals surface area contributed by atoms with Crippen molar-refractivity contribution in [1.29, 1.82) is 0 Å². The maximum atomic E-state index is 11.6. The Bertz CT molecular complexity index is 367. The zero-order valence-corrected chi connectivity index (χ0v) is 10.9. The van der Waals surface area contributed by atoms with Crippen LogP contribution in [0.3, 0.4) is 0 Å². The Morgan fingerprint density at radius 2 is 2.11 bits per heavy atom. The molecule has 4 nitrogen and oxygen atoms in total. The second-order valence-electron chi connectivity index (χ2n) is 4.14. The van der Waals surface area contributed by atoms with E-state index >= 15 is 0 Å². The lowest BCUT2D eigenvalue weighted by Crippen LogP contribution is -2.14. The summed E-state index contributed by atoms with van der Waals surface area (Å²) in [5.74, 6) is 0.707. The van der Waals surface area contributed by atoms with Crippen LogP contribution >= 0.6 is 0 Å². The van der Waals surface area contributed by atoms with E-state index in [-0.39, 0.29) is 5.91 Å². The summed E-state index contributed by atoms with van der Waals surface area (Å²) in [6, 6.07) is 7.50. The van der Waals surface area contributed by atoms with Gasteiger partial charge in [-0.15, -0.1) is 0 Å². The molecule has 4 heteroatoms. The molecule has 0 radical (unpaired) electrons. The Morgan fingerprint density at radius 1 is 1.33 bits per heavy atom. The summed E-state index contributed by atoms with van der Waals surface area (Å²) < 4.78 is 5.64. The number of para-hydroxylation sites is 2. The van der Waals surface area contributed by atoms with Crippen molar-refractivity contribution < 1.29 is 9.53 Å². The Morgan fingerprint density at radius 3 is 2.83 bits per heavy atom. The maximum absolute atomic E-state index is 11.6. The number of carbonyl (C=O) groups is 1. The SMILES string of the molecule is CCCCOc1ccccc1NC(=O)CCCN. The number of carbonyl (C=O) groups excluding carboxylic acids is 1. The van der Waals surface area contributed by atoms with E-state index in [0.717, 1.165) is 24.3 Å². The molecule has 0 saturated carbocycles. The summed E-state index contributed by atoms with van der Waals surface area (Å²) in [5, 5.41) is 2.85. The van der Waals surface area contributed by atoms with Gasteiger partial charge in [-0.1, -0.05) is 25.5 Å². The lowest BCUT2D eigenvalue weighted by molar-refractivity contribution is -0.116. The van der Waals surface area contributed by atoms with Crippen molar-refractivity contribution in [2.24, 2.45) is 5.73 Å². The van der Waals surface area contributed by atoms with Crippen LogP contribution < -0.4 is 15.8 Å². The summed E-state index contributed by atoms with van der Waals surface area (Å²) in [6.07, 6.45) is 3.24. The fourth-order valence-electron chi connectivity index (χ4n) is 1.50. The first-order valence-electron chi connectivity index (χ1n) is 6.49. The van der Waals surface area contributed by atoms with Crippen LogP contribution in [0.25, 0.3) is 0 Å². The van der Waals surface area contributed by atoms with Crippen molar-refractivity contribution in [2.45, 2.75) is 32.6 Å². The van der Waals surface area contributed by atoms with E-state index in [1.165, 1.54) is 0 Å². The van der Waals surface area contributed by atoms with Crippen molar-refractivity contribution in [3.63, 3.8) is 0 Å². The van der Waals surface area contributed by atoms with E-state index in [9.17, 15) is 4.79 Å². The molecule has 0 aliphatic heterocycles. The molecule has 1 rings (SSSR count). The van der Waals surface area contributed by atoms with Crippen molar-refractivity contribution in [1.82, 2.24) is 0 Å². The number of amides is 1. The number of hydrogen-bond donors (Lipinski definition) is 2. The Hall–Kier alpha value is -1.55. The molecule has 0 fully saturated rings. The number of ether oxygens (including phenoxy) is 1. The topological polar surface area (TPSA) is 64.3 Å². The minimum atomic E-state index is -0.0213. The third-order valence-electron chi connectivity index (χ3n) is 2.52. The number of unbranched alkanes of at least 4 members (excludes halogenated alkanes) is 1. The molecule has 1 aromatic rings. The first kappa shape index (κ1) is 14.5. The smallest absolute Gasteiger partial charge is 0.224 e. The molecule has 100 valence electrons. The van der Waals surface area contributed by atoms with Crippen LogP contribution in [0, 0.1) is 0 Å². The van der Waals surface area contributed by atoms with Crippen molar-refractivity contribution in [3.8, 4) is 5.75 Å². The lowest BCUT2D eigenvalue weighted by Gasteiger charge is -2.12. The molecule has 0 aliphatic rings. The number of benzene rings is 1. The van der Waals surface area contributed by atoms with Crippen molar-refractivity contribution >= 4 is 11.6 Å². The lowest BCUT2D eigenvalue weighted by atomic mass is 10.2. The highest BCUT2D eigenvalue weighted by Gasteiger charge is 2.06. The molecule has 0 bridgehead atoms. The Labute approximate surface area is 109 Å². The van der Waals surface area contributed by atoms with E-state index in [0.29, 0.717) is 26.0 Å². The largest absolute Gasteiger partial charge is 0.491 e. The minimum absolute atomic E-state index is 0.0213. The summed E-state index contributed by atoms with van der Waals surface area (Å²) in [5.41, 5.74) is 6.11. The average Bonchev–Trinajstić information content (AvgIpc) is 2.38. The predicted molar refractivity (Wildman–Crippen MR) is 73.8 cm³/mol. The Balaban J connectivity index is 2.55. The molecular weight excluding hydrogens is 228 g/mol. The van der Waals surface area contributed by atoms with Gasteiger partial charge < -0.3 is 15.8 Å². The molecule has 0 aromatic heterocycles. The van der Waals surface area contributed by atoms with E-state index in [2.05, 4.69) is 12.2 Å². The molecule has 1 amide bonds. The monoisotopic (exact) mass is 250 g/mol. The molecule has 3 N–H and O–H groups in total. The molecule has 0 spiro atoms. The predicted octanol–water partition coefficient (Wildman–Crippen LogP) is 2.54. The van der Waals surface area contributed by atoms with Gasteiger partial charge in [0, 0.05) is 6.42 Å². The van der Waals surface area contributed by atoms with E-state index < -0.39 is 0 Å². The van der Waals surface area contributed by atoms with E-state index in [1.807, 2.05) is 24.3 Å². The van der Waals surface area contributed by atoms with Gasteiger partial charge in [-0.2, -0.15) is 0 Å². The van der Waals surface area contributed by atoms with E-state index in [4.69, 9.17) is 10.5 Å². The highest BCUT2D eigenvalue weighted by atomic mass is 16.5. The summed E-state index contributed by atoms with van der Waals surface area (Å²) >= 11 is 0. The number of hydrogen-bond acceptors (Lipinski definition) is 3. The van der Waals surface area contributed by atoms with Gasteiger partial charge in [0.05, 0.1) is 12.3 Å². The van der Waals surface area contributed by atoms with Crippen molar-refractivity contribution in [2.75, 3.05) is 18.5 Å². The van der Waals surface area contributed by atoms with Crippen LogP contribution in [0.4, 0.5) is 5.69 Å². The van der Waals surface area contributed by atoms with Crippen LogP contribution in [0.15, 0.2) is 24.3 Å². The van der Waals surface area contributed by atoms with Gasteiger partial charge in [-0.25, -0.2) is 0 Å². The average molecular weight is 250 g/mol. The zero-order chi connectivity index (χ0) is 13.2. The van der Waals surface area contributed by atoms with E-state index in [1.54, 1.807) is 0 Å². The quantitative estimate of drug-likeness (QED) is 0.697. The molecule has 0 aliphatic carbocycles. The van der Waals surface area contributed by atoms with Gasteiger partial charge in [0.15, 0.2) is 0 Å². The van der Waals surface area contributed by atoms with Gasteiger partial charge in [0.2, 0.25) is 5.91 Å². The third kappa shape index (κ3) is 5.19. The molecule has 1 aromatic carbocycles. The van der Waals surface area contributed by atoms with Crippen LogP contribution in [0.5, 0.6) is 5.75 Å². The number of nitrogens with one attached hydrogen (secondary N) is 1. The van der Waals surface area contributed by atoms with Gasteiger partial charge in [-0.3, -0.25) is 4.79 Å².